The Bertz CT molecular complexity index is 730. The number of carbonyl (C=O) groups is 2. The molecule has 0 unspecified atom stereocenters. The molecule has 1 N–H and O–H groups in total. The van der Waals surface area contributed by atoms with Crippen molar-refractivity contribution >= 4 is 17.5 Å². The van der Waals surface area contributed by atoms with Crippen LogP contribution in [-0.2, 0) is 0 Å². The molecule has 0 fully saturated rings. The number of amides is 2. The monoisotopic (exact) mass is 300 g/mol. The number of hydrogen-bond acceptors (Lipinski definition) is 3. The van der Waals surface area contributed by atoms with Gasteiger partial charge >= 0.3 is 0 Å². The number of furan rings is 1. The van der Waals surface area contributed by atoms with Gasteiger partial charge in [-0.3, -0.25) is 9.59 Å². The molecular weight excluding hydrogens is 280 g/mol. The molecule has 2 rings (SSSR count). The van der Waals surface area contributed by atoms with E-state index in [0.717, 1.165) is 11.3 Å². The lowest BCUT2D eigenvalue weighted by Crippen LogP contribution is -2.22. The van der Waals surface area contributed by atoms with Crippen LogP contribution in [-0.4, -0.2) is 30.8 Å². The zero-order valence-electron chi connectivity index (χ0n) is 13.5. The van der Waals surface area contributed by atoms with Crippen LogP contribution in [0.5, 0.6) is 0 Å². The van der Waals surface area contributed by atoms with Gasteiger partial charge in [0, 0.05) is 30.9 Å². The lowest BCUT2D eigenvalue weighted by atomic mass is 10.1. The van der Waals surface area contributed by atoms with Gasteiger partial charge in [-0.2, -0.15) is 0 Å². The van der Waals surface area contributed by atoms with E-state index in [1.165, 1.54) is 4.90 Å². The molecule has 5 heteroatoms. The van der Waals surface area contributed by atoms with Gasteiger partial charge in [0.05, 0.1) is 5.56 Å². The fraction of sp³-hybridized carbons (Fsp3) is 0.294. The van der Waals surface area contributed by atoms with E-state index in [9.17, 15) is 9.59 Å². The number of anilines is 1. The molecule has 2 amide bonds. The molecule has 0 aliphatic rings. The van der Waals surface area contributed by atoms with Crippen LogP contribution in [0, 0.1) is 20.8 Å². The van der Waals surface area contributed by atoms with Crippen molar-refractivity contribution < 1.29 is 14.0 Å². The van der Waals surface area contributed by atoms with Crippen LogP contribution >= 0.6 is 0 Å². The third-order valence-electron chi connectivity index (χ3n) is 3.56. The van der Waals surface area contributed by atoms with E-state index in [1.54, 1.807) is 45.3 Å². The Morgan fingerprint density at radius 2 is 1.77 bits per heavy atom. The molecule has 22 heavy (non-hydrogen) atoms. The van der Waals surface area contributed by atoms with Crippen molar-refractivity contribution in [2.75, 3.05) is 19.4 Å². The summed E-state index contributed by atoms with van der Waals surface area (Å²) in [6, 6.07) is 6.88. The average molecular weight is 300 g/mol. The molecule has 1 heterocycles. The van der Waals surface area contributed by atoms with Crippen molar-refractivity contribution in [3.8, 4) is 0 Å². The molecule has 2 aromatic rings. The smallest absolute Gasteiger partial charge is 0.259 e. The van der Waals surface area contributed by atoms with Crippen LogP contribution in [0.15, 0.2) is 28.7 Å². The second-order valence-corrected chi connectivity index (χ2v) is 5.45. The summed E-state index contributed by atoms with van der Waals surface area (Å²) in [6.45, 7) is 5.45. The summed E-state index contributed by atoms with van der Waals surface area (Å²) in [5.41, 5.74) is 2.48. The summed E-state index contributed by atoms with van der Waals surface area (Å²) in [7, 11) is 3.38. The van der Waals surface area contributed by atoms with Crippen molar-refractivity contribution in [1.82, 2.24) is 4.90 Å². The maximum absolute atomic E-state index is 12.4. The van der Waals surface area contributed by atoms with Gasteiger partial charge in [-0.1, -0.05) is 6.07 Å². The maximum atomic E-state index is 12.4. The summed E-state index contributed by atoms with van der Waals surface area (Å²) >= 11 is 0. The number of benzene rings is 1. The number of rotatable bonds is 3. The number of nitrogens with zero attached hydrogens (tertiary/aromatic N) is 1. The minimum absolute atomic E-state index is 0.109. The van der Waals surface area contributed by atoms with Gasteiger partial charge < -0.3 is 14.6 Å². The van der Waals surface area contributed by atoms with Gasteiger partial charge in [0.25, 0.3) is 11.8 Å². The van der Waals surface area contributed by atoms with Crippen molar-refractivity contribution in [2.24, 2.45) is 0 Å². The zero-order chi connectivity index (χ0) is 16.4. The van der Waals surface area contributed by atoms with Crippen molar-refractivity contribution in [1.29, 1.82) is 0 Å². The minimum Gasteiger partial charge on any atom is -0.466 e. The predicted octanol–water partition coefficient (Wildman–Crippen LogP) is 3.16. The Hall–Kier alpha value is -2.56. The highest BCUT2D eigenvalue weighted by molar-refractivity contribution is 6.06. The maximum Gasteiger partial charge on any atom is 0.259 e. The largest absolute Gasteiger partial charge is 0.466 e. The Labute approximate surface area is 129 Å². The van der Waals surface area contributed by atoms with E-state index in [4.69, 9.17) is 4.42 Å². The van der Waals surface area contributed by atoms with E-state index < -0.39 is 0 Å². The van der Waals surface area contributed by atoms with Gasteiger partial charge in [0.15, 0.2) is 0 Å². The zero-order valence-corrected chi connectivity index (χ0v) is 13.5. The number of hydrogen-bond donors (Lipinski definition) is 1. The van der Waals surface area contributed by atoms with Crippen LogP contribution < -0.4 is 5.32 Å². The molecule has 0 radical (unpaired) electrons. The van der Waals surface area contributed by atoms with Gasteiger partial charge in [-0.05, 0) is 39.0 Å². The molecule has 0 bridgehead atoms. The molecular formula is C17H20N2O3. The van der Waals surface area contributed by atoms with E-state index >= 15 is 0 Å². The number of carbonyl (C=O) groups excluding carboxylic acids is 2. The third kappa shape index (κ3) is 3.03. The Balaban J connectivity index is 2.26. The van der Waals surface area contributed by atoms with Crippen LogP contribution in [0.4, 0.5) is 5.69 Å². The molecule has 0 aliphatic heterocycles. The molecule has 0 spiro atoms. The summed E-state index contributed by atoms with van der Waals surface area (Å²) < 4.78 is 5.48. The summed E-state index contributed by atoms with van der Waals surface area (Å²) in [5.74, 6) is 0.983. The van der Waals surface area contributed by atoms with Gasteiger partial charge in [0.1, 0.15) is 11.5 Å². The van der Waals surface area contributed by atoms with Crippen molar-refractivity contribution in [3.63, 3.8) is 0 Å². The second kappa shape index (κ2) is 6.05. The Morgan fingerprint density at radius 3 is 2.32 bits per heavy atom. The average Bonchev–Trinajstić information content (AvgIpc) is 2.71. The molecule has 1 aromatic carbocycles. The highest BCUT2D eigenvalue weighted by Crippen LogP contribution is 2.22. The van der Waals surface area contributed by atoms with Gasteiger partial charge in [-0.15, -0.1) is 0 Å². The first-order valence-corrected chi connectivity index (χ1v) is 7.01. The quantitative estimate of drug-likeness (QED) is 0.947. The van der Waals surface area contributed by atoms with Crippen LogP contribution in [0.25, 0.3) is 0 Å². The topological polar surface area (TPSA) is 62.6 Å². The first kappa shape index (κ1) is 15.8. The van der Waals surface area contributed by atoms with Crippen LogP contribution in [0.1, 0.15) is 37.8 Å². The van der Waals surface area contributed by atoms with E-state index in [-0.39, 0.29) is 11.8 Å². The minimum atomic E-state index is -0.235. The second-order valence-electron chi connectivity index (χ2n) is 5.45. The van der Waals surface area contributed by atoms with E-state index in [1.807, 2.05) is 13.8 Å². The standard InChI is InChI=1S/C17H20N2O3/c1-10-11(2)22-12(3)15(10)16(20)18-14-8-6-7-13(9-14)17(21)19(4)5/h6-9H,1-5H3,(H,18,20). The molecule has 0 saturated heterocycles. The first-order chi connectivity index (χ1) is 10.3. The first-order valence-electron chi connectivity index (χ1n) is 7.01. The molecule has 0 aliphatic carbocycles. The Morgan fingerprint density at radius 1 is 1.09 bits per heavy atom. The lowest BCUT2D eigenvalue weighted by Gasteiger charge is -2.11. The summed E-state index contributed by atoms with van der Waals surface area (Å²) in [4.78, 5) is 25.9. The van der Waals surface area contributed by atoms with Gasteiger partial charge in [0.2, 0.25) is 0 Å². The predicted molar refractivity (Wildman–Crippen MR) is 85.3 cm³/mol. The summed E-state index contributed by atoms with van der Waals surface area (Å²) in [5, 5.41) is 2.82. The highest BCUT2D eigenvalue weighted by atomic mass is 16.3. The SMILES string of the molecule is Cc1oc(C)c(C(=O)Nc2cccc(C(=O)N(C)C)c2)c1C. The molecule has 0 atom stereocenters. The highest BCUT2D eigenvalue weighted by Gasteiger charge is 2.19. The Kier molecular flexibility index (Phi) is 4.35. The number of nitrogens with one attached hydrogen (secondary N) is 1. The fourth-order valence-corrected chi connectivity index (χ4v) is 2.31. The molecule has 5 nitrogen and oxygen atoms in total. The lowest BCUT2D eigenvalue weighted by molar-refractivity contribution is 0.0827. The summed E-state index contributed by atoms with van der Waals surface area (Å²) in [6.07, 6.45) is 0. The van der Waals surface area contributed by atoms with Crippen molar-refractivity contribution in [3.05, 3.63) is 52.5 Å². The van der Waals surface area contributed by atoms with E-state index in [2.05, 4.69) is 5.32 Å². The normalized spacial score (nSPS) is 10.4. The molecule has 0 saturated carbocycles. The van der Waals surface area contributed by atoms with E-state index in [0.29, 0.717) is 22.6 Å². The van der Waals surface area contributed by atoms with Gasteiger partial charge in [-0.25, -0.2) is 0 Å². The molecule has 1 aromatic heterocycles. The molecule has 116 valence electrons. The fourth-order valence-electron chi connectivity index (χ4n) is 2.31. The van der Waals surface area contributed by atoms with Crippen LogP contribution in [0.3, 0.4) is 0 Å². The third-order valence-corrected chi connectivity index (χ3v) is 3.56. The van der Waals surface area contributed by atoms with Crippen molar-refractivity contribution in [2.45, 2.75) is 20.8 Å². The van der Waals surface area contributed by atoms with Crippen LogP contribution in [0.2, 0.25) is 0 Å². The number of aryl methyl sites for hydroxylation is 2.